The standard InChI is InChI=1S/C12H14FN3O/c1-8(2)16-11(4-6-15-16)12-9(7-17)10(13)3-5-14-12/h3-6,8,17H,7H2,1-2H3/i7D2. The summed E-state index contributed by atoms with van der Waals surface area (Å²) in [6.07, 6.45) is 2.76. The Kier molecular flexibility index (Phi) is 2.53. The summed E-state index contributed by atoms with van der Waals surface area (Å²) in [7, 11) is 0. The van der Waals surface area contributed by atoms with E-state index in [0.29, 0.717) is 5.69 Å². The number of hydrogen-bond acceptors (Lipinski definition) is 3. The lowest BCUT2D eigenvalue weighted by atomic mass is 10.1. The van der Waals surface area contributed by atoms with Gasteiger partial charge in [-0.1, -0.05) is 0 Å². The second-order valence-electron chi connectivity index (χ2n) is 3.88. The molecule has 5 heteroatoms. The number of halogens is 1. The molecule has 2 aromatic heterocycles. The molecule has 0 bridgehead atoms. The fourth-order valence-electron chi connectivity index (χ4n) is 1.65. The van der Waals surface area contributed by atoms with Gasteiger partial charge in [0.2, 0.25) is 0 Å². The SMILES string of the molecule is [2H]C([2H])(O)c1c(F)ccnc1-c1ccnn1C(C)C. The van der Waals surface area contributed by atoms with Crippen molar-refractivity contribution < 1.29 is 12.2 Å². The van der Waals surface area contributed by atoms with Gasteiger partial charge in [0.05, 0.1) is 20.7 Å². The first-order valence-corrected chi connectivity index (χ1v) is 5.23. The molecule has 0 aliphatic carbocycles. The van der Waals surface area contributed by atoms with Crippen LogP contribution in [0.5, 0.6) is 0 Å². The number of pyridine rings is 1. The van der Waals surface area contributed by atoms with Crippen molar-refractivity contribution in [1.29, 1.82) is 0 Å². The summed E-state index contributed by atoms with van der Waals surface area (Å²) >= 11 is 0. The molecule has 2 rings (SSSR count). The maximum Gasteiger partial charge on any atom is 0.132 e. The first-order chi connectivity index (χ1) is 8.82. The van der Waals surface area contributed by atoms with Crippen molar-refractivity contribution in [2.75, 3.05) is 0 Å². The van der Waals surface area contributed by atoms with Gasteiger partial charge in [-0.25, -0.2) is 4.39 Å². The molecule has 0 saturated carbocycles. The van der Waals surface area contributed by atoms with Crippen molar-refractivity contribution in [3.63, 3.8) is 0 Å². The third kappa shape index (κ3) is 2.06. The largest absolute Gasteiger partial charge is 0.391 e. The summed E-state index contributed by atoms with van der Waals surface area (Å²) in [5.74, 6) is -0.839. The summed E-state index contributed by atoms with van der Waals surface area (Å²) in [4.78, 5) is 3.99. The van der Waals surface area contributed by atoms with Crippen LogP contribution in [0.2, 0.25) is 0 Å². The molecule has 0 unspecified atom stereocenters. The number of hydrogen-bond donors (Lipinski definition) is 1. The second kappa shape index (κ2) is 4.63. The van der Waals surface area contributed by atoms with Gasteiger partial charge in [0.15, 0.2) is 0 Å². The lowest BCUT2D eigenvalue weighted by Gasteiger charge is -2.12. The highest BCUT2D eigenvalue weighted by atomic mass is 19.1. The second-order valence-corrected chi connectivity index (χ2v) is 3.88. The third-order valence-electron chi connectivity index (χ3n) is 2.41. The van der Waals surface area contributed by atoms with E-state index in [1.165, 1.54) is 12.4 Å². The van der Waals surface area contributed by atoms with Gasteiger partial charge < -0.3 is 5.11 Å². The van der Waals surface area contributed by atoms with Gasteiger partial charge in [0.1, 0.15) is 5.82 Å². The van der Waals surface area contributed by atoms with Gasteiger partial charge in [-0.05, 0) is 26.0 Å². The van der Waals surface area contributed by atoms with Crippen molar-refractivity contribution in [3.8, 4) is 11.4 Å². The molecule has 4 nitrogen and oxygen atoms in total. The Labute approximate surface area is 102 Å². The molecule has 0 spiro atoms. The predicted molar refractivity (Wildman–Crippen MR) is 61.7 cm³/mol. The lowest BCUT2D eigenvalue weighted by molar-refractivity contribution is 0.275. The van der Waals surface area contributed by atoms with E-state index in [0.717, 1.165) is 6.07 Å². The fourth-order valence-corrected chi connectivity index (χ4v) is 1.65. The summed E-state index contributed by atoms with van der Waals surface area (Å²) in [5.41, 5.74) is 0.0403. The van der Waals surface area contributed by atoms with Crippen LogP contribution < -0.4 is 0 Å². The van der Waals surface area contributed by atoms with Gasteiger partial charge in [0, 0.05) is 24.0 Å². The predicted octanol–water partition coefficient (Wildman–Crippen LogP) is 2.16. The van der Waals surface area contributed by atoms with Crippen LogP contribution in [0, 0.1) is 5.82 Å². The molecule has 90 valence electrons. The normalized spacial score (nSPS) is 13.7. The smallest absolute Gasteiger partial charge is 0.132 e. The van der Waals surface area contributed by atoms with Gasteiger partial charge >= 0.3 is 0 Å². The van der Waals surface area contributed by atoms with E-state index in [2.05, 4.69) is 10.1 Å². The number of aliphatic hydroxyl groups is 1. The average molecular weight is 237 g/mol. The highest BCUT2D eigenvalue weighted by Crippen LogP contribution is 2.25. The van der Waals surface area contributed by atoms with Gasteiger partial charge in [-0.3, -0.25) is 9.67 Å². The van der Waals surface area contributed by atoms with Crippen LogP contribution in [0.25, 0.3) is 11.4 Å². The van der Waals surface area contributed by atoms with Crippen molar-refractivity contribution in [2.24, 2.45) is 0 Å². The summed E-state index contributed by atoms with van der Waals surface area (Å²) in [5, 5.41) is 13.6. The van der Waals surface area contributed by atoms with E-state index in [1.54, 1.807) is 10.7 Å². The van der Waals surface area contributed by atoms with E-state index in [1.807, 2.05) is 13.8 Å². The first-order valence-electron chi connectivity index (χ1n) is 6.23. The molecular formula is C12H14FN3O. The molecule has 2 aromatic rings. The monoisotopic (exact) mass is 237 g/mol. The maximum atomic E-state index is 13.8. The Bertz CT molecular complexity index is 593. The molecule has 0 aromatic carbocycles. The van der Waals surface area contributed by atoms with Gasteiger partial charge in [0.25, 0.3) is 0 Å². The van der Waals surface area contributed by atoms with Crippen LogP contribution in [0.3, 0.4) is 0 Å². The third-order valence-corrected chi connectivity index (χ3v) is 2.41. The molecule has 0 amide bonds. The summed E-state index contributed by atoms with van der Waals surface area (Å²) < 4.78 is 30.1. The van der Waals surface area contributed by atoms with Crippen molar-refractivity contribution in [1.82, 2.24) is 14.8 Å². The zero-order valence-electron chi connectivity index (χ0n) is 11.6. The highest BCUT2D eigenvalue weighted by Gasteiger charge is 2.15. The Morgan fingerprint density at radius 3 is 2.88 bits per heavy atom. The topological polar surface area (TPSA) is 50.9 Å². The van der Waals surface area contributed by atoms with Gasteiger partial charge in [-0.2, -0.15) is 5.10 Å². The minimum atomic E-state index is -2.81. The number of aromatic nitrogens is 3. The van der Waals surface area contributed by atoms with Crippen LogP contribution in [0.1, 0.15) is 28.2 Å². The van der Waals surface area contributed by atoms with E-state index in [9.17, 15) is 9.50 Å². The molecule has 2 heterocycles. The highest BCUT2D eigenvalue weighted by molar-refractivity contribution is 5.59. The van der Waals surface area contributed by atoms with E-state index in [4.69, 9.17) is 2.74 Å². The number of nitrogens with zero attached hydrogens (tertiary/aromatic N) is 3. The lowest BCUT2D eigenvalue weighted by Crippen LogP contribution is -2.07. The maximum absolute atomic E-state index is 13.8. The Morgan fingerprint density at radius 1 is 1.47 bits per heavy atom. The van der Waals surface area contributed by atoms with E-state index in [-0.39, 0.29) is 11.7 Å². The van der Waals surface area contributed by atoms with Crippen LogP contribution in [-0.2, 0) is 6.56 Å². The molecule has 0 aliphatic rings. The quantitative estimate of drug-likeness (QED) is 0.890. The zero-order chi connectivity index (χ0) is 14.2. The minimum Gasteiger partial charge on any atom is -0.391 e. The molecule has 0 aliphatic heterocycles. The van der Waals surface area contributed by atoms with Gasteiger partial charge in [-0.15, -0.1) is 0 Å². The van der Waals surface area contributed by atoms with Crippen molar-refractivity contribution in [2.45, 2.75) is 26.4 Å². The molecule has 0 fully saturated rings. The number of rotatable bonds is 3. The van der Waals surface area contributed by atoms with E-state index >= 15 is 0 Å². The van der Waals surface area contributed by atoms with Crippen LogP contribution >= 0.6 is 0 Å². The van der Waals surface area contributed by atoms with E-state index < -0.39 is 17.9 Å². The van der Waals surface area contributed by atoms with Crippen LogP contribution in [0.15, 0.2) is 24.5 Å². The first kappa shape index (κ1) is 9.30. The summed E-state index contributed by atoms with van der Waals surface area (Å²) in [6, 6.07) is 2.63. The Hall–Kier alpha value is -1.75. The average Bonchev–Trinajstić information content (AvgIpc) is 2.75. The van der Waals surface area contributed by atoms with Crippen LogP contribution in [-0.4, -0.2) is 19.9 Å². The summed E-state index contributed by atoms with van der Waals surface area (Å²) in [6.45, 7) is 0.978. The Morgan fingerprint density at radius 2 is 2.24 bits per heavy atom. The zero-order valence-corrected chi connectivity index (χ0v) is 9.55. The molecule has 0 radical (unpaired) electrons. The fraction of sp³-hybridized carbons (Fsp3) is 0.333. The van der Waals surface area contributed by atoms with Crippen LogP contribution in [0.4, 0.5) is 4.39 Å². The molecule has 0 saturated heterocycles. The molecule has 17 heavy (non-hydrogen) atoms. The minimum absolute atomic E-state index is 0.00692. The Balaban J connectivity index is 2.70. The van der Waals surface area contributed by atoms with Crippen molar-refractivity contribution in [3.05, 3.63) is 35.9 Å². The molecule has 0 atom stereocenters. The molecule has 1 N–H and O–H groups in total. The van der Waals surface area contributed by atoms with Crippen molar-refractivity contribution >= 4 is 0 Å². The molecular weight excluding hydrogens is 221 g/mol.